The lowest BCUT2D eigenvalue weighted by atomic mass is 10.0. The summed E-state index contributed by atoms with van der Waals surface area (Å²) in [5.41, 5.74) is 0. The van der Waals surface area contributed by atoms with E-state index < -0.39 is 22.0 Å². The van der Waals surface area contributed by atoms with Crippen molar-refractivity contribution in [3.05, 3.63) is 17.3 Å². The Bertz CT molecular complexity index is 650. The van der Waals surface area contributed by atoms with Gasteiger partial charge in [-0.15, -0.1) is 0 Å². The topological polar surface area (TPSA) is 99.6 Å². The van der Waals surface area contributed by atoms with E-state index >= 15 is 0 Å². The number of hydrogen-bond acceptors (Lipinski definition) is 5. The van der Waals surface area contributed by atoms with Crippen LogP contribution in [0.15, 0.2) is 12.3 Å². The lowest BCUT2D eigenvalue weighted by Crippen LogP contribution is -2.49. The number of nitrogens with one attached hydrogen (secondary N) is 1. The molecule has 0 aliphatic carbocycles. The largest absolute Gasteiger partial charge is 0.504 e. The molecule has 2 heterocycles. The van der Waals surface area contributed by atoms with E-state index in [0.29, 0.717) is 13.0 Å². The summed E-state index contributed by atoms with van der Waals surface area (Å²) < 4.78 is 24.6. The first-order valence-electron chi connectivity index (χ1n) is 6.41. The van der Waals surface area contributed by atoms with Crippen LogP contribution in [-0.2, 0) is 14.8 Å². The Morgan fingerprint density at radius 2 is 2.24 bits per heavy atom. The molecule has 0 aromatic carbocycles. The molecule has 0 spiro atoms. The lowest BCUT2D eigenvalue weighted by Gasteiger charge is -2.32. The standard InChI is InChI=1S/C12H16ClN3O4S/c1-21(19,20)16-5-3-2-4-9(16)12(18)15-11-10(17)6-8(13)7-14-11/h6-7,9,17H,2-5H2,1H3,(H,14,15,18). The van der Waals surface area contributed by atoms with Crippen molar-refractivity contribution in [2.45, 2.75) is 25.3 Å². The molecule has 7 nitrogen and oxygen atoms in total. The molecule has 1 fully saturated rings. The number of carbonyl (C=O) groups is 1. The van der Waals surface area contributed by atoms with Crippen molar-refractivity contribution in [1.82, 2.24) is 9.29 Å². The molecule has 116 valence electrons. The molecule has 1 unspecified atom stereocenters. The van der Waals surface area contributed by atoms with E-state index in [4.69, 9.17) is 11.6 Å². The minimum Gasteiger partial charge on any atom is -0.504 e. The van der Waals surface area contributed by atoms with Crippen molar-refractivity contribution in [3.63, 3.8) is 0 Å². The van der Waals surface area contributed by atoms with Crippen LogP contribution in [0.5, 0.6) is 5.75 Å². The first kappa shape index (κ1) is 16.0. The van der Waals surface area contributed by atoms with Gasteiger partial charge in [-0.25, -0.2) is 13.4 Å². The third-order valence-corrected chi connectivity index (χ3v) is 4.75. The highest BCUT2D eigenvalue weighted by Gasteiger charge is 2.34. The van der Waals surface area contributed by atoms with Gasteiger partial charge >= 0.3 is 0 Å². The van der Waals surface area contributed by atoms with Crippen LogP contribution >= 0.6 is 11.6 Å². The van der Waals surface area contributed by atoms with Gasteiger partial charge in [-0.1, -0.05) is 18.0 Å². The normalized spacial score (nSPS) is 20.2. The van der Waals surface area contributed by atoms with Crippen molar-refractivity contribution < 1.29 is 18.3 Å². The molecule has 0 saturated carbocycles. The van der Waals surface area contributed by atoms with Crippen molar-refractivity contribution >= 4 is 33.3 Å². The number of aromatic hydroxyl groups is 1. The number of aromatic nitrogens is 1. The zero-order chi connectivity index (χ0) is 15.6. The average Bonchev–Trinajstić information content (AvgIpc) is 2.41. The Balaban J connectivity index is 2.18. The second-order valence-corrected chi connectivity index (χ2v) is 7.27. The number of halogens is 1. The summed E-state index contributed by atoms with van der Waals surface area (Å²) in [5.74, 6) is -0.814. The second kappa shape index (κ2) is 6.17. The van der Waals surface area contributed by atoms with Gasteiger partial charge in [0.1, 0.15) is 6.04 Å². The fourth-order valence-electron chi connectivity index (χ4n) is 2.29. The minimum absolute atomic E-state index is 0.0385. The molecular weight excluding hydrogens is 318 g/mol. The van der Waals surface area contributed by atoms with Crippen molar-refractivity contribution in [2.24, 2.45) is 0 Å². The molecule has 2 rings (SSSR count). The van der Waals surface area contributed by atoms with E-state index in [9.17, 15) is 18.3 Å². The first-order chi connectivity index (χ1) is 9.79. The number of nitrogens with zero attached hydrogens (tertiary/aromatic N) is 2. The van der Waals surface area contributed by atoms with Crippen LogP contribution < -0.4 is 5.32 Å². The van der Waals surface area contributed by atoms with E-state index in [1.807, 2.05) is 0 Å². The van der Waals surface area contributed by atoms with Gasteiger partial charge in [0.05, 0.1) is 11.3 Å². The van der Waals surface area contributed by atoms with Gasteiger partial charge < -0.3 is 10.4 Å². The van der Waals surface area contributed by atoms with Crippen LogP contribution in [0.2, 0.25) is 5.02 Å². The lowest BCUT2D eigenvalue weighted by molar-refractivity contribution is -0.120. The van der Waals surface area contributed by atoms with Crippen LogP contribution in [0.25, 0.3) is 0 Å². The summed E-state index contributed by atoms with van der Waals surface area (Å²) in [7, 11) is -3.46. The number of rotatable bonds is 3. The summed E-state index contributed by atoms with van der Waals surface area (Å²) in [6.45, 7) is 0.316. The van der Waals surface area contributed by atoms with Crippen LogP contribution in [0.4, 0.5) is 5.82 Å². The third kappa shape index (κ3) is 3.84. The molecule has 1 aromatic heterocycles. The van der Waals surface area contributed by atoms with Gasteiger partial charge in [-0.3, -0.25) is 4.79 Å². The molecule has 0 radical (unpaired) electrons. The highest BCUT2D eigenvalue weighted by Crippen LogP contribution is 2.26. The van der Waals surface area contributed by atoms with Gasteiger partial charge in [0.25, 0.3) is 0 Å². The molecule has 1 aliphatic rings. The maximum atomic E-state index is 12.3. The number of piperidine rings is 1. The zero-order valence-corrected chi connectivity index (χ0v) is 13.0. The number of carbonyl (C=O) groups excluding carboxylic acids is 1. The van der Waals surface area contributed by atoms with Gasteiger partial charge in [-0.05, 0) is 12.8 Å². The summed E-state index contributed by atoms with van der Waals surface area (Å²) in [5, 5.41) is 12.4. The van der Waals surface area contributed by atoms with E-state index in [1.165, 1.54) is 16.6 Å². The second-order valence-electron chi connectivity index (χ2n) is 4.90. The average molecular weight is 334 g/mol. The smallest absolute Gasteiger partial charge is 0.244 e. The van der Waals surface area contributed by atoms with Crippen molar-refractivity contribution in [3.8, 4) is 5.75 Å². The Labute approximate surface area is 128 Å². The highest BCUT2D eigenvalue weighted by atomic mass is 35.5. The van der Waals surface area contributed by atoms with Gasteiger partial charge in [0, 0.05) is 18.8 Å². The molecular formula is C12H16ClN3O4S. The van der Waals surface area contributed by atoms with Crippen LogP contribution in [-0.4, -0.2) is 47.6 Å². The Kier molecular flexibility index (Phi) is 4.70. The zero-order valence-electron chi connectivity index (χ0n) is 11.4. The van der Waals surface area contributed by atoms with Crippen LogP contribution in [0.3, 0.4) is 0 Å². The molecule has 0 bridgehead atoms. The first-order valence-corrected chi connectivity index (χ1v) is 8.64. The molecule has 9 heteroatoms. The summed E-state index contributed by atoms with van der Waals surface area (Å²) in [4.78, 5) is 16.1. The molecule has 21 heavy (non-hydrogen) atoms. The molecule has 1 aromatic rings. The van der Waals surface area contributed by atoms with Crippen LogP contribution in [0, 0.1) is 0 Å². The summed E-state index contributed by atoms with van der Waals surface area (Å²) in [6, 6.07) is 0.463. The SMILES string of the molecule is CS(=O)(=O)N1CCCCC1C(=O)Nc1ncc(Cl)cc1O. The van der Waals surface area contributed by atoms with Crippen molar-refractivity contribution in [1.29, 1.82) is 0 Å². The van der Waals surface area contributed by atoms with Crippen LogP contribution in [0.1, 0.15) is 19.3 Å². The fourth-order valence-corrected chi connectivity index (χ4v) is 3.57. The Morgan fingerprint density at radius 1 is 1.52 bits per heavy atom. The summed E-state index contributed by atoms with van der Waals surface area (Å²) in [6.07, 6.45) is 4.29. The third-order valence-electron chi connectivity index (χ3n) is 3.26. The molecule has 2 N–H and O–H groups in total. The molecule has 1 amide bonds. The van der Waals surface area contributed by atoms with E-state index in [-0.39, 0.29) is 16.6 Å². The number of hydrogen-bond donors (Lipinski definition) is 2. The number of sulfonamides is 1. The fraction of sp³-hybridized carbons (Fsp3) is 0.500. The highest BCUT2D eigenvalue weighted by molar-refractivity contribution is 7.88. The maximum Gasteiger partial charge on any atom is 0.244 e. The number of amides is 1. The van der Waals surface area contributed by atoms with Gasteiger partial charge in [-0.2, -0.15) is 4.31 Å². The summed E-state index contributed by atoms with van der Waals surface area (Å²) >= 11 is 5.66. The molecule has 1 saturated heterocycles. The van der Waals surface area contributed by atoms with E-state index in [2.05, 4.69) is 10.3 Å². The predicted octanol–water partition coefficient (Wildman–Crippen LogP) is 1.19. The van der Waals surface area contributed by atoms with Crippen molar-refractivity contribution in [2.75, 3.05) is 18.1 Å². The predicted molar refractivity (Wildman–Crippen MR) is 78.7 cm³/mol. The minimum atomic E-state index is -3.46. The Morgan fingerprint density at radius 3 is 2.86 bits per heavy atom. The maximum absolute atomic E-state index is 12.3. The van der Waals surface area contributed by atoms with E-state index in [1.54, 1.807) is 0 Å². The van der Waals surface area contributed by atoms with Gasteiger partial charge in [0.2, 0.25) is 15.9 Å². The quantitative estimate of drug-likeness (QED) is 0.865. The number of anilines is 1. The van der Waals surface area contributed by atoms with E-state index in [0.717, 1.165) is 19.1 Å². The molecule has 1 aliphatic heterocycles. The number of pyridine rings is 1. The Hall–Kier alpha value is -1.38. The monoisotopic (exact) mass is 333 g/mol. The van der Waals surface area contributed by atoms with Gasteiger partial charge in [0.15, 0.2) is 11.6 Å². The molecule has 1 atom stereocenters.